The van der Waals surface area contributed by atoms with Crippen LogP contribution < -0.4 is 14.2 Å². The van der Waals surface area contributed by atoms with Gasteiger partial charge in [0.05, 0.1) is 11.4 Å². The van der Waals surface area contributed by atoms with Gasteiger partial charge in [0.2, 0.25) is 10.0 Å². The summed E-state index contributed by atoms with van der Waals surface area (Å²) in [6.07, 6.45) is 0.820. The molecule has 0 aromatic heterocycles. The van der Waals surface area contributed by atoms with Gasteiger partial charge in [0, 0.05) is 17.5 Å². The summed E-state index contributed by atoms with van der Waals surface area (Å²) in [4.78, 5) is 11.4. The first-order valence-electron chi connectivity index (χ1n) is 9.18. The van der Waals surface area contributed by atoms with Crippen molar-refractivity contribution in [2.45, 2.75) is 37.7 Å². The van der Waals surface area contributed by atoms with Gasteiger partial charge in [0.1, 0.15) is 12.2 Å². The molecule has 7 heteroatoms. The van der Waals surface area contributed by atoms with Gasteiger partial charge in [-0.3, -0.25) is 4.79 Å². The first-order valence-corrected chi connectivity index (χ1v) is 10.7. The van der Waals surface area contributed by atoms with Crippen LogP contribution in [-0.2, 0) is 16.4 Å². The number of para-hydroxylation sites is 1. The first-order chi connectivity index (χ1) is 13.7. The summed E-state index contributed by atoms with van der Waals surface area (Å²) in [6, 6.07) is 11.5. The Balaban J connectivity index is 1.53. The van der Waals surface area contributed by atoms with Crippen LogP contribution >= 0.6 is 0 Å². The van der Waals surface area contributed by atoms with Crippen LogP contribution in [0.2, 0.25) is 0 Å². The molecule has 1 aliphatic heterocycles. The number of nitrogens with one attached hydrogen (secondary N) is 1. The van der Waals surface area contributed by atoms with Crippen LogP contribution in [0, 0.1) is 11.8 Å². The van der Waals surface area contributed by atoms with Crippen molar-refractivity contribution in [1.29, 1.82) is 0 Å². The number of rotatable bonds is 6. The molecule has 6 nitrogen and oxygen atoms in total. The fourth-order valence-corrected chi connectivity index (χ4v) is 3.93. The normalized spacial score (nSPS) is 14.3. The molecule has 1 heterocycles. The molecule has 0 fully saturated rings. The highest BCUT2D eigenvalue weighted by atomic mass is 32.2. The van der Waals surface area contributed by atoms with Crippen LogP contribution in [0.15, 0.2) is 47.4 Å². The standard InChI is InChI=1S/C22H23NO5S/c1-16(24)17-9-11-19(12-10-17)29(25,26)23-13-4-5-14-27-20-8-6-7-18-15-22(2,3)28-21(18)20/h6-12,23H,13-15H2,1-3H3. The molecule has 29 heavy (non-hydrogen) atoms. The Bertz CT molecular complexity index is 1080. The van der Waals surface area contributed by atoms with Gasteiger partial charge in [0.25, 0.3) is 0 Å². The Kier molecular flexibility index (Phi) is 5.96. The Morgan fingerprint density at radius 2 is 1.90 bits per heavy atom. The van der Waals surface area contributed by atoms with Crippen LogP contribution in [-0.4, -0.2) is 33.0 Å². The van der Waals surface area contributed by atoms with Crippen LogP contribution in [0.5, 0.6) is 11.5 Å². The van der Waals surface area contributed by atoms with E-state index in [-0.39, 0.29) is 29.4 Å². The van der Waals surface area contributed by atoms with E-state index in [4.69, 9.17) is 9.47 Å². The SMILES string of the molecule is CC(=O)c1ccc(S(=O)(=O)NCC#CCOc2cccc3c2OC(C)(C)C3)cc1. The van der Waals surface area contributed by atoms with E-state index < -0.39 is 10.0 Å². The number of ketones is 1. The van der Waals surface area contributed by atoms with E-state index in [2.05, 4.69) is 16.6 Å². The molecule has 0 spiro atoms. The fourth-order valence-electron chi connectivity index (χ4n) is 3.01. The molecule has 3 rings (SSSR count). The van der Waals surface area contributed by atoms with Crippen LogP contribution in [0.3, 0.4) is 0 Å². The van der Waals surface area contributed by atoms with Gasteiger partial charge in [-0.1, -0.05) is 36.1 Å². The van der Waals surface area contributed by atoms with Crippen molar-refractivity contribution in [3.8, 4) is 23.3 Å². The van der Waals surface area contributed by atoms with E-state index in [1.807, 2.05) is 32.0 Å². The number of sulfonamides is 1. The number of hydrogen-bond acceptors (Lipinski definition) is 5. The van der Waals surface area contributed by atoms with Crippen molar-refractivity contribution in [2.24, 2.45) is 0 Å². The summed E-state index contributed by atoms with van der Waals surface area (Å²) in [5.41, 5.74) is 1.30. The van der Waals surface area contributed by atoms with E-state index in [9.17, 15) is 13.2 Å². The second kappa shape index (κ2) is 8.27. The largest absolute Gasteiger partial charge is 0.483 e. The molecule has 0 atom stereocenters. The second-order valence-corrected chi connectivity index (χ2v) is 9.10. The zero-order valence-electron chi connectivity index (χ0n) is 16.6. The third kappa shape index (κ3) is 5.17. The van der Waals surface area contributed by atoms with Crippen LogP contribution in [0.4, 0.5) is 0 Å². The summed E-state index contributed by atoms with van der Waals surface area (Å²) in [7, 11) is -3.69. The molecule has 0 radical (unpaired) electrons. The van der Waals surface area contributed by atoms with Gasteiger partial charge in [-0.05, 0) is 39.0 Å². The highest BCUT2D eigenvalue weighted by Gasteiger charge is 2.32. The highest BCUT2D eigenvalue weighted by Crippen LogP contribution is 2.41. The van der Waals surface area contributed by atoms with Gasteiger partial charge < -0.3 is 9.47 Å². The molecule has 1 N–H and O–H groups in total. The molecule has 1 aliphatic rings. The smallest absolute Gasteiger partial charge is 0.241 e. The minimum absolute atomic E-state index is 0.0451. The van der Waals surface area contributed by atoms with Crippen molar-refractivity contribution in [2.75, 3.05) is 13.2 Å². The fraction of sp³-hybridized carbons (Fsp3) is 0.318. The molecule has 2 aromatic carbocycles. The Morgan fingerprint density at radius 3 is 2.59 bits per heavy atom. The number of Topliss-reactive ketones (excluding diaryl/α,β-unsaturated/α-hetero) is 1. The van der Waals surface area contributed by atoms with E-state index in [0.29, 0.717) is 11.3 Å². The van der Waals surface area contributed by atoms with E-state index in [1.54, 1.807) is 0 Å². The molecule has 2 aromatic rings. The molecule has 0 aliphatic carbocycles. The average Bonchev–Trinajstić information content (AvgIpc) is 2.99. The van der Waals surface area contributed by atoms with Crippen molar-refractivity contribution < 1.29 is 22.7 Å². The zero-order valence-corrected chi connectivity index (χ0v) is 17.4. The molecule has 0 saturated heterocycles. The zero-order chi connectivity index (χ0) is 21.1. The lowest BCUT2D eigenvalue weighted by atomic mass is 10.0. The number of hydrogen-bond donors (Lipinski definition) is 1. The Morgan fingerprint density at radius 1 is 1.17 bits per heavy atom. The number of ether oxygens (including phenoxy) is 2. The molecular weight excluding hydrogens is 390 g/mol. The molecule has 0 amide bonds. The van der Waals surface area contributed by atoms with Gasteiger partial charge in [-0.2, -0.15) is 4.72 Å². The van der Waals surface area contributed by atoms with Crippen molar-refractivity contribution in [3.05, 3.63) is 53.6 Å². The number of fused-ring (bicyclic) bond motifs is 1. The maximum atomic E-state index is 12.2. The lowest BCUT2D eigenvalue weighted by molar-refractivity contribution is 0.101. The quantitative estimate of drug-likeness (QED) is 0.582. The summed E-state index contributed by atoms with van der Waals surface area (Å²) >= 11 is 0. The lowest BCUT2D eigenvalue weighted by Crippen LogP contribution is -2.24. The van der Waals surface area contributed by atoms with Gasteiger partial charge in [-0.25, -0.2) is 8.42 Å². The monoisotopic (exact) mass is 413 g/mol. The number of carbonyl (C=O) groups is 1. The maximum Gasteiger partial charge on any atom is 0.241 e. The van der Waals surface area contributed by atoms with Gasteiger partial charge >= 0.3 is 0 Å². The van der Waals surface area contributed by atoms with E-state index >= 15 is 0 Å². The Labute approximate surface area is 171 Å². The third-order valence-electron chi connectivity index (χ3n) is 4.40. The first kappa shape index (κ1) is 20.9. The Hall–Kier alpha value is -2.82. The molecule has 0 bridgehead atoms. The van der Waals surface area contributed by atoms with Gasteiger partial charge in [0.15, 0.2) is 17.3 Å². The predicted octanol–water partition coefficient (Wildman–Crippen LogP) is 2.96. The molecule has 0 saturated carbocycles. The molecular formula is C22H23NO5S. The molecule has 152 valence electrons. The number of carbonyl (C=O) groups excluding carboxylic acids is 1. The topological polar surface area (TPSA) is 81.7 Å². The van der Waals surface area contributed by atoms with Crippen molar-refractivity contribution in [1.82, 2.24) is 4.72 Å². The average molecular weight is 413 g/mol. The van der Waals surface area contributed by atoms with Crippen LogP contribution in [0.25, 0.3) is 0 Å². The molecule has 0 unspecified atom stereocenters. The third-order valence-corrected chi connectivity index (χ3v) is 5.82. The number of benzene rings is 2. The van der Waals surface area contributed by atoms with Crippen molar-refractivity contribution in [3.63, 3.8) is 0 Å². The maximum absolute atomic E-state index is 12.2. The lowest BCUT2D eigenvalue weighted by Gasteiger charge is -2.17. The van der Waals surface area contributed by atoms with E-state index in [0.717, 1.165) is 17.7 Å². The van der Waals surface area contributed by atoms with Gasteiger partial charge in [-0.15, -0.1) is 0 Å². The van der Waals surface area contributed by atoms with Crippen molar-refractivity contribution >= 4 is 15.8 Å². The summed E-state index contributed by atoms with van der Waals surface area (Å²) in [5, 5.41) is 0. The summed E-state index contributed by atoms with van der Waals surface area (Å²) in [5.74, 6) is 6.79. The highest BCUT2D eigenvalue weighted by molar-refractivity contribution is 7.89. The minimum Gasteiger partial charge on any atom is -0.483 e. The minimum atomic E-state index is -3.69. The van der Waals surface area contributed by atoms with E-state index in [1.165, 1.54) is 31.2 Å². The summed E-state index contributed by atoms with van der Waals surface area (Å²) < 4.78 is 38.5. The summed E-state index contributed by atoms with van der Waals surface area (Å²) in [6.45, 7) is 5.55. The second-order valence-electron chi connectivity index (χ2n) is 7.33. The predicted molar refractivity (Wildman–Crippen MR) is 110 cm³/mol. The van der Waals surface area contributed by atoms with Crippen LogP contribution in [0.1, 0.15) is 36.7 Å².